The van der Waals surface area contributed by atoms with Gasteiger partial charge in [0.15, 0.2) is 5.78 Å². The fourth-order valence-corrected chi connectivity index (χ4v) is 5.36. The number of nitrogen functional groups attached to an aromatic ring is 1. The number of benzene rings is 2. The van der Waals surface area contributed by atoms with Crippen molar-refractivity contribution in [2.24, 2.45) is 0 Å². The highest BCUT2D eigenvalue weighted by Gasteiger charge is 2.24. The third-order valence-corrected chi connectivity index (χ3v) is 7.44. The molecule has 0 saturated carbocycles. The summed E-state index contributed by atoms with van der Waals surface area (Å²) in [6.45, 7) is 5.09. The average Bonchev–Trinajstić information content (AvgIpc) is 3.68. The van der Waals surface area contributed by atoms with Gasteiger partial charge in [0.1, 0.15) is 17.5 Å². The highest BCUT2D eigenvalue weighted by atomic mass is 16.5. The van der Waals surface area contributed by atoms with E-state index in [1.807, 2.05) is 37.4 Å². The molecule has 0 spiro atoms. The number of Topliss-reactive ketones (excluding diaryl/α,β-unsaturated/α-hetero) is 1. The summed E-state index contributed by atoms with van der Waals surface area (Å²) in [5, 5.41) is 4.43. The van der Waals surface area contributed by atoms with E-state index in [2.05, 4.69) is 55.3 Å². The number of aromatic amines is 1. The van der Waals surface area contributed by atoms with Gasteiger partial charge in [0, 0.05) is 36.8 Å². The van der Waals surface area contributed by atoms with E-state index in [-0.39, 0.29) is 5.78 Å². The molecule has 0 atom stereocenters. The number of anilines is 2. The van der Waals surface area contributed by atoms with Crippen molar-refractivity contribution < 1.29 is 9.53 Å². The Bertz CT molecular complexity index is 1760. The van der Waals surface area contributed by atoms with Gasteiger partial charge in [-0.05, 0) is 66.1 Å². The zero-order valence-corrected chi connectivity index (χ0v) is 21.5. The number of carbonyl (C=O) groups is 1. The number of hydrogen-bond donors (Lipinski definition) is 2. The Morgan fingerprint density at radius 1 is 1.03 bits per heavy atom. The first-order valence-electron chi connectivity index (χ1n) is 13.0. The van der Waals surface area contributed by atoms with E-state index in [1.165, 1.54) is 0 Å². The normalized spacial score (nSPS) is 15.0. The van der Waals surface area contributed by atoms with Gasteiger partial charge in [-0.3, -0.25) is 4.79 Å². The van der Waals surface area contributed by atoms with Crippen molar-refractivity contribution in [1.82, 2.24) is 24.7 Å². The zero-order valence-electron chi connectivity index (χ0n) is 21.5. The lowest BCUT2D eigenvalue weighted by Crippen LogP contribution is -2.36. The second-order valence-corrected chi connectivity index (χ2v) is 9.97. The molecule has 0 amide bonds. The van der Waals surface area contributed by atoms with Crippen molar-refractivity contribution >= 4 is 34.5 Å². The lowest BCUT2D eigenvalue weighted by Gasteiger charge is -2.27. The van der Waals surface area contributed by atoms with Crippen molar-refractivity contribution in [3.05, 3.63) is 89.0 Å². The molecule has 0 unspecified atom stereocenters. The fourth-order valence-electron chi connectivity index (χ4n) is 5.36. The zero-order chi connectivity index (χ0) is 26.5. The Labute approximate surface area is 224 Å². The third kappa shape index (κ3) is 4.17. The molecule has 1 aliphatic heterocycles. The lowest BCUT2D eigenvalue weighted by atomic mass is 10.0. The van der Waals surface area contributed by atoms with Gasteiger partial charge in [-0.25, -0.2) is 14.6 Å². The summed E-state index contributed by atoms with van der Waals surface area (Å²) >= 11 is 0. The van der Waals surface area contributed by atoms with E-state index in [0.29, 0.717) is 23.4 Å². The molecule has 4 heterocycles. The third-order valence-electron chi connectivity index (χ3n) is 7.44. The predicted molar refractivity (Wildman–Crippen MR) is 151 cm³/mol. The van der Waals surface area contributed by atoms with Gasteiger partial charge in [-0.1, -0.05) is 12.1 Å². The molecule has 39 heavy (non-hydrogen) atoms. The maximum Gasteiger partial charge on any atom is 0.194 e. The number of pyridine rings is 1. The maximum atomic E-state index is 13.5. The molecular formula is C30H27N7O2. The van der Waals surface area contributed by atoms with Gasteiger partial charge in [0.05, 0.1) is 41.7 Å². The number of nitrogens with two attached hydrogens (primary N) is 1. The molecule has 5 aromatic rings. The fraction of sp³-hybridized carbons (Fsp3) is 0.200. The number of hydrogen-bond acceptors (Lipinski definition) is 7. The second kappa shape index (κ2) is 9.21. The topological polar surface area (TPSA) is 115 Å². The number of ketones is 1. The standard InChI is InChI=1S/C30H27N7O2/c1-18-34-26-6-5-24(15-27(26)35-18)37-30(31)25(17-33-37)29(38)23-13-20-3-2-19(12-22(20)14-23)21-4-7-28(32-16-21)36-8-10-39-11-9-36/h2-7,12,14-17H,8-11,13,31H2,1H3,(H,34,35). The largest absolute Gasteiger partial charge is 0.383 e. The Morgan fingerprint density at radius 3 is 2.69 bits per heavy atom. The smallest absolute Gasteiger partial charge is 0.194 e. The average molecular weight is 518 g/mol. The molecular weight excluding hydrogens is 490 g/mol. The first-order valence-corrected chi connectivity index (χ1v) is 13.0. The molecule has 0 bridgehead atoms. The van der Waals surface area contributed by atoms with Crippen molar-refractivity contribution in [1.29, 1.82) is 0 Å². The van der Waals surface area contributed by atoms with E-state index in [4.69, 9.17) is 10.5 Å². The summed E-state index contributed by atoms with van der Waals surface area (Å²) in [5.41, 5.74) is 14.3. The first kappa shape index (κ1) is 23.4. The number of imidazole rings is 1. The SMILES string of the molecule is Cc1nc2ccc(-n3ncc(C(=O)C4=Cc5cc(-c6ccc(N7CCOCC7)nc6)ccc5C4)c3N)cc2[nH]1. The lowest BCUT2D eigenvalue weighted by molar-refractivity contribution is 0.103. The molecule has 1 fully saturated rings. The quantitative estimate of drug-likeness (QED) is 0.333. The molecule has 194 valence electrons. The van der Waals surface area contributed by atoms with Crippen LogP contribution in [0.4, 0.5) is 11.6 Å². The summed E-state index contributed by atoms with van der Waals surface area (Å²) in [5.74, 6) is 2.02. The minimum absolute atomic E-state index is 0.105. The molecule has 2 aliphatic rings. The van der Waals surface area contributed by atoms with Crippen LogP contribution in [0.3, 0.4) is 0 Å². The van der Waals surface area contributed by atoms with Crippen molar-refractivity contribution in [2.45, 2.75) is 13.3 Å². The van der Waals surface area contributed by atoms with E-state index < -0.39 is 0 Å². The number of H-pyrrole nitrogens is 1. The summed E-state index contributed by atoms with van der Waals surface area (Å²) in [6, 6.07) is 16.2. The molecule has 3 aromatic heterocycles. The van der Waals surface area contributed by atoms with Gasteiger partial charge in [0.25, 0.3) is 0 Å². The molecule has 1 aliphatic carbocycles. The van der Waals surface area contributed by atoms with Crippen LogP contribution in [0.5, 0.6) is 0 Å². The highest BCUT2D eigenvalue weighted by molar-refractivity contribution is 6.15. The molecule has 9 nitrogen and oxygen atoms in total. The summed E-state index contributed by atoms with van der Waals surface area (Å²) in [4.78, 5) is 28.1. The molecule has 0 radical (unpaired) electrons. The van der Waals surface area contributed by atoms with E-state index in [1.54, 1.807) is 10.9 Å². The predicted octanol–water partition coefficient (Wildman–Crippen LogP) is 4.36. The Kier molecular flexibility index (Phi) is 5.52. The van der Waals surface area contributed by atoms with Crippen LogP contribution in [-0.2, 0) is 11.2 Å². The Hall–Kier alpha value is -4.76. The summed E-state index contributed by atoms with van der Waals surface area (Å²) < 4.78 is 7.03. The van der Waals surface area contributed by atoms with Crippen molar-refractivity contribution in [3.63, 3.8) is 0 Å². The van der Waals surface area contributed by atoms with E-state index in [0.717, 1.165) is 76.9 Å². The minimum atomic E-state index is -0.105. The van der Waals surface area contributed by atoms with Crippen LogP contribution in [0.2, 0.25) is 0 Å². The van der Waals surface area contributed by atoms with Crippen LogP contribution in [0.25, 0.3) is 33.9 Å². The van der Waals surface area contributed by atoms with E-state index >= 15 is 0 Å². The van der Waals surface area contributed by atoms with Crippen LogP contribution in [-0.4, -0.2) is 56.8 Å². The number of carbonyl (C=O) groups excluding carboxylic acids is 1. The number of fused-ring (bicyclic) bond motifs is 2. The number of nitrogens with one attached hydrogen (secondary N) is 1. The maximum absolute atomic E-state index is 13.5. The van der Waals surface area contributed by atoms with Gasteiger partial charge < -0.3 is 20.4 Å². The van der Waals surface area contributed by atoms with Crippen molar-refractivity contribution in [2.75, 3.05) is 36.9 Å². The number of rotatable bonds is 5. The number of aromatic nitrogens is 5. The number of aryl methyl sites for hydroxylation is 1. The highest BCUT2D eigenvalue weighted by Crippen LogP contribution is 2.33. The van der Waals surface area contributed by atoms with Crippen LogP contribution in [0.1, 0.15) is 27.3 Å². The first-order chi connectivity index (χ1) is 19.0. The monoisotopic (exact) mass is 517 g/mol. The number of allylic oxidation sites excluding steroid dienone is 1. The van der Waals surface area contributed by atoms with Crippen LogP contribution in [0, 0.1) is 6.92 Å². The van der Waals surface area contributed by atoms with Gasteiger partial charge in [0.2, 0.25) is 0 Å². The second-order valence-electron chi connectivity index (χ2n) is 9.97. The number of ether oxygens (including phenoxy) is 1. The minimum Gasteiger partial charge on any atom is -0.383 e. The molecule has 7 rings (SSSR count). The Morgan fingerprint density at radius 2 is 1.87 bits per heavy atom. The molecule has 3 N–H and O–H groups in total. The number of nitrogens with zero attached hydrogens (tertiary/aromatic N) is 5. The molecule has 9 heteroatoms. The van der Waals surface area contributed by atoms with Crippen LogP contribution >= 0.6 is 0 Å². The van der Waals surface area contributed by atoms with Gasteiger partial charge >= 0.3 is 0 Å². The van der Waals surface area contributed by atoms with Crippen LogP contribution < -0.4 is 10.6 Å². The summed E-state index contributed by atoms with van der Waals surface area (Å²) in [6.07, 6.45) is 5.99. The Balaban J connectivity index is 1.12. The molecule has 1 saturated heterocycles. The summed E-state index contributed by atoms with van der Waals surface area (Å²) in [7, 11) is 0. The van der Waals surface area contributed by atoms with Gasteiger partial charge in [-0.15, -0.1) is 0 Å². The van der Waals surface area contributed by atoms with Crippen LogP contribution in [0.15, 0.2) is 66.5 Å². The van der Waals surface area contributed by atoms with E-state index in [9.17, 15) is 4.79 Å². The molecule has 2 aromatic carbocycles. The van der Waals surface area contributed by atoms with Crippen molar-refractivity contribution in [3.8, 4) is 16.8 Å². The van der Waals surface area contributed by atoms with Gasteiger partial charge in [-0.2, -0.15) is 5.10 Å². The number of morpholine rings is 1.